The van der Waals surface area contributed by atoms with E-state index in [-0.39, 0.29) is 11.3 Å². The molecule has 0 unspecified atom stereocenters. The number of benzene rings is 3. The summed E-state index contributed by atoms with van der Waals surface area (Å²) in [5, 5.41) is 9.65. The molecule has 0 heterocycles. The third-order valence-corrected chi connectivity index (χ3v) is 3.14. The summed E-state index contributed by atoms with van der Waals surface area (Å²) in [4.78, 5) is 12.0. The van der Waals surface area contributed by atoms with Crippen molar-refractivity contribution in [3.63, 3.8) is 0 Å². The van der Waals surface area contributed by atoms with E-state index < -0.39 is 5.97 Å². The maximum atomic E-state index is 12.0. The topological polar surface area (TPSA) is 55.8 Å². The van der Waals surface area contributed by atoms with Gasteiger partial charge in [-0.15, -0.1) is 0 Å². The highest BCUT2D eigenvalue weighted by Crippen LogP contribution is 2.24. The molecule has 3 aromatic carbocycles. The first kappa shape index (κ1) is 14.7. The Morgan fingerprint density at radius 3 is 1.96 bits per heavy atom. The number of rotatable bonds is 4. The average Bonchev–Trinajstić information content (AvgIpc) is 2.58. The molecule has 0 aliphatic carbocycles. The lowest BCUT2D eigenvalue weighted by Crippen LogP contribution is -2.08. The molecule has 0 atom stereocenters. The number of carbonyl (C=O) groups excluding carboxylic acids is 1. The van der Waals surface area contributed by atoms with E-state index in [1.54, 1.807) is 36.4 Å². The smallest absolute Gasteiger partial charge is 0.347 e. The van der Waals surface area contributed by atoms with Crippen LogP contribution in [0.4, 0.5) is 0 Å². The Balaban J connectivity index is 1.68. The molecular formula is C19H14O4. The van der Waals surface area contributed by atoms with Gasteiger partial charge in [0, 0.05) is 0 Å². The second-order valence-corrected chi connectivity index (χ2v) is 4.79. The molecule has 3 rings (SSSR count). The number of phenols is 1. The Bertz CT molecular complexity index is 795. The number of aromatic hydroxyl groups is 1. The van der Waals surface area contributed by atoms with Crippen molar-refractivity contribution in [2.75, 3.05) is 0 Å². The van der Waals surface area contributed by atoms with Crippen LogP contribution < -0.4 is 9.47 Å². The van der Waals surface area contributed by atoms with E-state index in [4.69, 9.17) is 9.47 Å². The predicted octanol–water partition coefficient (Wildman–Crippen LogP) is 4.40. The lowest BCUT2D eigenvalue weighted by molar-refractivity contribution is 0.0731. The lowest BCUT2D eigenvalue weighted by atomic mass is 10.2. The zero-order chi connectivity index (χ0) is 16.1. The molecule has 0 spiro atoms. The Morgan fingerprint density at radius 2 is 1.26 bits per heavy atom. The van der Waals surface area contributed by atoms with E-state index in [0.29, 0.717) is 11.5 Å². The minimum absolute atomic E-state index is 0.110. The normalized spacial score (nSPS) is 10.1. The van der Waals surface area contributed by atoms with Crippen LogP contribution in [0.3, 0.4) is 0 Å². The summed E-state index contributed by atoms with van der Waals surface area (Å²) < 4.78 is 10.9. The van der Waals surface area contributed by atoms with Gasteiger partial charge in [-0.25, -0.2) is 4.79 Å². The van der Waals surface area contributed by atoms with Gasteiger partial charge in [-0.05, 0) is 48.5 Å². The van der Waals surface area contributed by atoms with Crippen molar-refractivity contribution < 1.29 is 19.4 Å². The summed E-state index contributed by atoms with van der Waals surface area (Å²) in [7, 11) is 0. The first-order chi connectivity index (χ1) is 11.2. The van der Waals surface area contributed by atoms with Crippen LogP contribution in [0.2, 0.25) is 0 Å². The molecule has 0 fully saturated rings. The van der Waals surface area contributed by atoms with Crippen LogP contribution in [0.1, 0.15) is 10.4 Å². The van der Waals surface area contributed by atoms with Gasteiger partial charge in [-0.1, -0.05) is 30.3 Å². The molecule has 0 saturated carbocycles. The zero-order valence-corrected chi connectivity index (χ0v) is 12.2. The minimum atomic E-state index is -0.611. The summed E-state index contributed by atoms with van der Waals surface area (Å²) in [6.45, 7) is 0. The van der Waals surface area contributed by atoms with Gasteiger partial charge < -0.3 is 14.6 Å². The van der Waals surface area contributed by atoms with E-state index in [2.05, 4.69) is 0 Å². The SMILES string of the molecule is O=C(Oc1ccc(Oc2ccccc2)cc1)c1ccccc1O. The molecular weight excluding hydrogens is 292 g/mol. The van der Waals surface area contributed by atoms with Crippen molar-refractivity contribution in [2.24, 2.45) is 0 Å². The average molecular weight is 306 g/mol. The van der Waals surface area contributed by atoms with Crippen LogP contribution in [-0.2, 0) is 0 Å². The lowest BCUT2D eigenvalue weighted by Gasteiger charge is -2.08. The summed E-state index contributed by atoms with van der Waals surface area (Å²) >= 11 is 0. The van der Waals surface area contributed by atoms with Crippen molar-refractivity contribution in [3.05, 3.63) is 84.4 Å². The van der Waals surface area contributed by atoms with E-state index in [0.717, 1.165) is 5.75 Å². The van der Waals surface area contributed by atoms with Crippen molar-refractivity contribution >= 4 is 5.97 Å². The largest absolute Gasteiger partial charge is 0.507 e. The number of hydrogen-bond donors (Lipinski definition) is 1. The van der Waals surface area contributed by atoms with Crippen LogP contribution in [0.25, 0.3) is 0 Å². The van der Waals surface area contributed by atoms with E-state index in [1.807, 2.05) is 30.3 Å². The second-order valence-electron chi connectivity index (χ2n) is 4.79. The van der Waals surface area contributed by atoms with Crippen LogP contribution in [-0.4, -0.2) is 11.1 Å². The summed E-state index contributed by atoms with van der Waals surface area (Å²) in [6.07, 6.45) is 0. The van der Waals surface area contributed by atoms with Gasteiger partial charge in [-0.2, -0.15) is 0 Å². The molecule has 0 aliphatic rings. The third-order valence-electron chi connectivity index (χ3n) is 3.14. The highest BCUT2D eigenvalue weighted by molar-refractivity contribution is 5.93. The van der Waals surface area contributed by atoms with Gasteiger partial charge in [0.2, 0.25) is 0 Å². The quantitative estimate of drug-likeness (QED) is 0.573. The van der Waals surface area contributed by atoms with Crippen LogP contribution in [0.5, 0.6) is 23.0 Å². The number of hydrogen-bond acceptors (Lipinski definition) is 4. The van der Waals surface area contributed by atoms with Gasteiger partial charge in [0.05, 0.1) is 0 Å². The van der Waals surface area contributed by atoms with Crippen LogP contribution in [0.15, 0.2) is 78.9 Å². The van der Waals surface area contributed by atoms with Gasteiger partial charge >= 0.3 is 5.97 Å². The fourth-order valence-electron chi connectivity index (χ4n) is 2.01. The van der Waals surface area contributed by atoms with Crippen LogP contribution >= 0.6 is 0 Å². The number of para-hydroxylation sites is 2. The zero-order valence-electron chi connectivity index (χ0n) is 12.2. The highest BCUT2D eigenvalue weighted by Gasteiger charge is 2.12. The van der Waals surface area contributed by atoms with E-state index in [9.17, 15) is 9.90 Å². The molecule has 3 aromatic rings. The van der Waals surface area contributed by atoms with Crippen molar-refractivity contribution in [1.82, 2.24) is 0 Å². The Morgan fingerprint density at radius 1 is 0.696 bits per heavy atom. The molecule has 0 aromatic heterocycles. The summed E-state index contributed by atoms with van der Waals surface area (Å²) in [6, 6.07) is 22.3. The standard InChI is InChI=1S/C19H14O4/c20-18-9-5-4-8-17(18)19(21)23-16-12-10-15(11-13-16)22-14-6-2-1-3-7-14/h1-13,20H. The Hall–Kier alpha value is -3.27. The van der Waals surface area contributed by atoms with Gasteiger partial charge in [0.15, 0.2) is 0 Å². The minimum Gasteiger partial charge on any atom is -0.507 e. The number of carbonyl (C=O) groups is 1. The number of ether oxygens (including phenoxy) is 2. The molecule has 0 aliphatic heterocycles. The number of esters is 1. The predicted molar refractivity (Wildman–Crippen MR) is 86.0 cm³/mol. The van der Waals surface area contributed by atoms with E-state index in [1.165, 1.54) is 12.1 Å². The number of phenolic OH excluding ortho intramolecular Hbond substituents is 1. The fourth-order valence-corrected chi connectivity index (χ4v) is 2.01. The van der Waals surface area contributed by atoms with Gasteiger partial charge in [-0.3, -0.25) is 0 Å². The fraction of sp³-hybridized carbons (Fsp3) is 0. The molecule has 0 amide bonds. The molecule has 114 valence electrons. The maximum absolute atomic E-state index is 12.0. The molecule has 0 bridgehead atoms. The second kappa shape index (κ2) is 6.66. The Labute approximate surface area is 133 Å². The van der Waals surface area contributed by atoms with Crippen LogP contribution in [0, 0.1) is 0 Å². The highest BCUT2D eigenvalue weighted by atomic mass is 16.5. The first-order valence-corrected chi connectivity index (χ1v) is 7.05. The molecule has 0 radical (unpaired) electrons. The van der Waals surface area contributed by atoms with Crippen molar-refractivity contribution in [3.8, 4) is 23.0 Å². The van der Waals surface area contributed by atoms with E-state index >= 15 is 0 Å². The molecule has 4 nitrogen and oxygen atoms in total. The van der Waals surface area contributed by atoms with Gasteiger partial charge in [0.25, 0.3) is 0 Å². The maximum Gasteiger partial charge on any atom is 0.347 e. The molecule has 0 saturated heterocycles. The monoisotopic (exact) mass is 306 g/mol. The molecule has 4 heteroatoms. The van der Waals surface area contributed by atoms with Gasteiger partial charge in [0.1, 0.15) is 28.6 Å². The summed E-state index contributed by atoms with van der Waals surface area (Å²) in [5.74, 6) is 1.02. The molecule has 1 N–H and O–H groups in total. The van der Waals surface area contributed by atoms with Crippen molar-refractivity contribution in [1.29, 1.82) is 0 Å². The first-order valence-electron chi connectivity index (χ1n) is 7.05. The van der Waals surface area contributed by atoms with Crippen molar-refractivity contribution in [2.45, 2.75) is 0 Å². The summed E-state index contributed by atoms with van der Waals surface area (Å²) in [5.41, 5.74) is 0.122. The molecule has 23 heavy (non-hydrogen) atoms. The third kappa shape index (κ3) is 3.68. The Kier molecular flexibility index (Phi) is 4.25.